The summed E-state index contributed by atoms with van der Waals surface area (Å²) in [7, 11) is 4.85. The van der Waals surface area contributed by atoms with E-state index in [1.54, 1.807) is 21.3 Å². The maximum Gasteiger partial charge on any atom is 0.252 e. The fourth-order valence-electron chi connectivity index (χ4n) is 3.12. The molecular weight excluding hydrogens is 308 g/mol. The lowest BCUT2D eigenvalue weighted by atomic mass is 9.90. The van der Waals surface area contributed by atoms with Crippen molar-refractivity contribution in [2.45, 2.75) is 37.8 Å². The van der Waals surface area contributed by atoms with Gasteiger partial charge < -0.3 is 24.8 Å². The van der Waals surface area contributed by atoms with E-state index in [1.165, 1.54) is 0 Å². The molecule has 134 valence electrons. The molecule has 1 atom stereocenters. The zero-order chi connectivity index (χ0) is 17.6. The van der Waals surface area contributed by atoms with Crippen molar-refractivity contribution in [1.29, 1.82) is 0 Å². The van der Waals surface area contributed by atoms with Gasteiger partial charge in [0.05, 0.1) is 14.2 Å². The Balaban J connectivity index is 1.99. The molecule has 1 aliphatic heterocycles. The van der Waals surface area contributed by atoms with E-state index in [-0.39, 0.29) is 11.9 Å². The van der Waals surface area contributed by atoms with E-state index < -0.39 is 5.60 Å². The predicted octanol–water partition coefficient (Wildman–Crippen LogP) is 1.52. The molecule has 2 N–H and O–H groups in total. The fourth-order valence-corrected chi connectivity index (χ4v) is 3.12. The molecule has 1 fully saturated rings. The van der Waals surface area contributed by atoms with Crippen molar-refractivity contribution in [2.75, 3.05) is 34.4 Å². The summed E-state index contributed by atoms with van der Waals surface area (Å²) in [5, 5.41) is 6.35. The van der Waals surface area contributed by atoms with Crippen molar-refractivity contribution in [3.8, 4) is 11.5 Å². The number of hydrogen-bond donors (Lipinski definition) is 2. The molecule has 0 aliphatic carbocycles. The Kier molecular flexibility index (Phi) is 6.45. The smallest absolute Gasteiger partial charge is 0.252 e. The first-order valence-corrected chi connectivity index (χ1v) is 8.32. The zero-order valence-electron chi connectivity index (χ0n) is 15.0. The predicted molar refractivity (Wildman–Crippen MR) is 92.7 cm³/mol. The molecular formula is C18H28N2O4. The topological polar surface area (TPSA) is 68.8 Å². The molecule has 0 bridgehead atoms. The van der Waals surface area contributed by atoms with Crippen LogP contribution in [0.5, 0.6) is 11.5 Å². The molecule has 0 saturated carbocycles. The molecule has 0 radical (unpaired) electrons. The van der Waals surface area contributed by atoms with Gasteiger partial charge in [0.15, 0.2) is 11.5 Å². The van der Waals surface area contributed by atoms with Gasteiger partial charge in [-0.2, -0.15) is 0 Å². The SMILES string of the molecule is COc1ccc(CC(C)NC(=O)C2(OC)CCNCC2)cc1OC. The molecule has 2 rings (SSSR count). The van der Waals surface area contributed by atoms with Crippen molar-refractivity contribution in [3.63, 3.8) is 0 Å². The van der Waals surface area contributed by atoms with Crippen LogP contribution in [0.1, 0.15) is 25.3 Å². The second-order valence-corrected chi connectivity index (χ2v) is 6.22. The van der Waals surface area contributed by atoms with Gasteiger partial charge in [-0.3, -0.25) is 4.79 Å². The van der Waals surface area contributed by atoms with E-state index in [9.17, 15) is 4.79 Å². The monoisotopic (exact) mass is 336 g/mol. The van der Waals surface area contributed by atoms with Gasteiger partial charge in [0, 0.05) is 13.2 Å². The second-order valence-electron chi connectivity index (χ2n) is 6.22. The number of hydrogen-bond acceptors (Lipinski definition) is 5. The van der Waals surface area contributed by atoms with E-state index in [0.717, 1.165) is 18.7 Å². The zero-order valence-corrected chi connectivity index (χ0v) is 15.0. The van der Waals surface area contributed by atoms with Gasteiger partial charge in [-0.25, -0.2) is 0 Å². The second kappa shape index (κ2) is 8.35. The lowest BCUT2D eigenvalue weighted by Crippen LogP contribution is -2.55. The van der Waals surface area contributed by atoms with Gasteiger partial charge in [-0.1, -0.05) is 6.07 Å². The highest BCUT2D eigenvalue weighted by Gasteiger charge is 2.40. The summed E-state index contributed by atoms with van der Waals surface area (Å²) in [4.78, 5) is 12.7. The summed E-state index contributed by atoms with van der Waals surface area (Å²) in [6.45, 7) is 3.59. The number of amides is 1. The summed E-state index contributed by atoms with van der Waals surface area (Å²) < 4.78 is 16.1. The van der Waals surface area contributed by atoms with Gasteiger partial charge in [0.2, 0.25) is 0 Å². The van der Waals surface area contributed by atoms with Crippen molar-refractivity contribution in [3.05, 3.63) is 23.8 Å². The number of rotatable bonds is 7. The van der Waals surface area contributed by atoms with E-state index in [2.05, 4.69) is 10.6 Å². The maximum absolute atomic E-state index is 12.7. The highest BCUT2D eigenvalue weighted by Crippen LogP contribution is 2.28. The Hall–Kier alpha value is -1.79. The Labute approximate surface area is 143 Å². The van der Waals surface area contributed by atoms with Crippen molar-refractivity contribution in [2.24, 2.45) is 0 Å². The first kappa shape index (κ1) is 18.5. The van der Waals surface area contributed by atoms with Crippen LogP contribution >= 0.6 is 0 Å². The molecule has 24 heavy (non-hydrogen) atoms. The average Bonchev–Trinajstić information content (AvgIpc) is 2.61. The molecule has 6 nitrogen and oxygen atoms in total. The van der Waals surface area contributed by atoms with Crippen LogP contribution in [-0.4, -0.2) is 52.0 Å². The fraction of sp³-hybridized carbons (Fsp3) is 0.611. The molecule has 1 unspecified atom stereocenters. The third-order valence-corrected chi connectivity index (χ3v) is 4.58. The average molecular weight is 336 g/mol. The number of piperidine rings is 1. The standard InChI is InChI=1S/C18H28N2O4/c1-13(11-14-5-6-15(22-2)16(12-14)23-3)20-17(21)18(24-4)7-9-19-10-8-18/h5-6,12-13,19H,7-11H2,1-4H3,(H,20,21). The quantitative estimate of drug-likeness (QED) is 0.790. The minimum absolute atomic E-state index is 0.00230. The molecule has 0 aromatic heterocycles. The molecule has 0 spiro atoms. The van der Waals surface area contributed by atoms with Gasteiger partial charge >= 0.3 is 0 Å². The summed E-state index contributed by atoms with van der Waals surface area (Å²) in [6, 6.07) is 5.81. The molecule has 6 heteroatoms. The molecule has 1 aromatic carbocycles. The summed E-state index contributed by atoms with van der Waals surface area (Å²) in [6.07, 6.45) is 2.10. The van der Waals surface area contributed by atoms with Crippen LogP contribution in [0.2, 0.25) is 0 Å². The van der Waals surface area contributed by atoms with E-state index in [0.29, 0.717) is 30.8 Å². The lowest BCUT2D eigenvalue weighted by Gasteiger charge is -2.35. The van der Waals surface area contributed by atoms with E-state index in [4.69, 9.17) is 14.2 Å². The number of benzene rings is 1. The molecule has 1 heterocycles. The van der Waals surface area contributed by atoms with Crippen LogP contribution in [0, 0.1) is 0 Å². The normalized spacial score (nSPS) is 17.8. The minimum Gasteiger partial charge on any atom is -0.493 e. The largest absolute Gasteiger partial charge is 0.493 e. The first-order chi connectivity index (χ1) is 11.5. The Morgan fingerprint density at radius 3 is 2.46 bits per heavy atom. The van der Waals surface area contributed by atoms with Crippen LogP contribution in [0.3, 0.4) is 0 Å². The molecule has 1 amide bonds. The number of ether oxygens (including phenoxy) is 3. The van der Waals surface area contributed by atoms with Gasteiger partial charge in [-0.15, -0.1) is 0 Å². The van der Waals surface area contributed by atoms with Crippen LogP contribution in [0.25, 0.3) is 0 Å². The molecule has 1 aliphatic rings. The Morgan fingerprint density at radius 1 is 1.21 bits per heavy atom. The highest BCUT2D eigenvalue weighted by atomic mass is 16.5. The lowest BCUT2D eigenvalue weighted by molar-refractivity contribution is -0.147. The van der Waals surface area contributed by atoms with Crippen LogP contribution < -0.4 is 20.1 Å². The van der Waals surface area contributed by atoms with Gasteiger partial charge in [0.25, 0.3) is 5.91 Å². The number of carbonyl (C=O) groups is 1. The van der Waals surface area contributed by atoms with Crippen LogP contribution in [0.4, 0.5) is 0 Å². The van der Waals surface area contributed by atoms with Crippen LogP contribution in [0.15, 0.2) is 18.2 Å². The first-order valence-electron chi connectivity index (χ1n) is 8.32. The van der Waals surface area contributed by atoms with E-state index >= 15 is 0 Å². The van der Waals surface area contributed by atoms with Crippen molar-refractivity contribution < 1.29 is 19.0 Å². The summed E-state index contributed by atoms with van der Waals surface area (Å²) in [5.74, 6) is 1.37. The van der Waals surface area contributed by atoms with E-state index in [1.807, 2.05) is 25.1 Å². The number of nitrogens with one attached hydrogen (secondary N) is 2. The third kappa shape index (κ3) is 4.19. The third-order valence-electron chi connectivity index (χ3n) is 4.58. The maximum atomic E-state index is 12.7. The van der Waals surface area contributed by atoms with Crippen molar-refractivity contribution in [1.82, 2.24) is 10.6 Å². The summed E-state index contributed by atoms with van der Waals surface area (Å²) >= 11 is 0. The number of carbonyl (C=O) groups excluding carboxylic acids is 1. The number of methoxy groups -OCH3 is 3. The van der Waals surface area contributed by atoms with Gasteiger partial charge in [0.1, 0.15) is 5.60 Å². The Morgan fingerprint density at radius 2 is 1.88 bits per heavy atom. The molecule has 1 aromatic rings. The van der Waals surface area contributed by atoms with Crippen LogP contribution in [-0.2, 0) is 16.0 Å². The highest BCUT2D eigenvalue weighted by molar-refractivity contribution is 5.85. The summed E-state index contributed by atoms with van der Waals surface area (Å²) in [5.41, 5.74) is 0.370. The molecule has 1 saturated heterocycles. The van der Waals surface area contributed by atoms with Gasteiger partial charge in [-0.05, 0) is 57.0 Å². The Bertz CT molecular complexity index is 556. The minimum atomic E-state index is -0.711. The van der Waals surface area contributed by atoms with Crippen molar-refractivity contribution >= 4 is 5.91 Å².